The minimum atomic E-state index is 0.983. The Balaban J connectivity index is 2.63. The Kier molecular flexibility index (Phi) is 1.51. The molecule has 0 fully saturated rings. The Hall–Kier alpha value is -1.50. The maximum atomic E-state index is 3.93. The Bertz CT molecular complexity index is 361. The Labute approximate surface area is 72.4 Å². The SMILES string of the molecule is C=C1NC=Cc2ccc(C)cc21. The van der Waals surface area contributed by atoms with Crippen LogP contribution in [0.25, 0.3) is 11.8 Å². The number of benzene rings is 1. The molecule has 1 aromatic carbocycles. The van der Waals surface area contributed by atoms with Crippen LogP contribution in [0.15, 0.2) is 31.0 Å². The van der Waals surface area contributed by atoms with Gasteiger partial charge in [-0.05, 0) is 24.6 Å². The first-order chi connectivity index (χ1) is 5.77. The van der Waals surface area contributed by atoms with Crippen molar-refractivity contribution in [3.63, 3.8) is 0 Å². The number of aryl methyl sites for hydroxylation is 1. The van der Waals surface area contributed by atoms with E-state index in [0.29, 0.717) is 0 Å². The first-order valence-corrected chi connectivity index (χ1v) is 4.00. The molecule has 0 bridgehead atoms. The van der Waals surface area contributed by atoms with Gasteiger partial charge in [0.2, 0.25) is 0 Å². The Morgan fingerprint density at radius 3 is 3.00 bits per heavy atom. The van der Waals surface area contributed by atoms with Gasteiger partial charge in [0, 0.05) is 17.5 Å². The van der Waals surface area contributed by atoms with Gasteiger partial charge in [-0.3, -0.25) is 0 Å². The lowest BCUT2D eigenvalue weighted by Gasteiger charge is -2.14. The molecular weight excluding hydrogens is 146 g/mol. The first-order valence-electron chi connectivity index (χ1n) is 4.00. The van der Waals surface area contributed by atoms with Crippen molar-refractivity contribution >= 4 is 11.8 Å². The highest BCUT2D eigenvalue weighted by atomic mass is 14.9. The van der Waals surface area contributed by atoms with Crippen LogP contribution in [0.3, 0.4) is 0 Å². The van der Waals surface area contributed by atoms with Crippen LogP contribution < -0.4 is 5.32 Å². The summed E-state index contributed by atoms with van der Waals surface area (Å²) in [6, 6.07) is 6.38. The van der Waals surface area contributed by atoms with Gasteiger partial charge in [0.1, 0.15) is 0 Å². The van der Waals surface area contributed by atoms with E-state index in [1.165, 1.54) is 16.7 Å². The summed E-state index contributed by atoms with van der Waals surface area (Å²) in [6.07, 6.45) is 3.98. The number of nitrogens with one attached hydrogen (secondary N) is 1. The van der Waals surface area contributed by atoms with Crippen molar-refractivity contribution < 1.29 is 0 Å². The molecule has 0 spiro atoms. The van der Waals surface area contributed by atoms with E-state index in [-0.39, 0.29) is 0 Å². The molecule has 1 aliphatic heterocycles. The largest absolute Gasteiger partial charge is 0.362 e. The molecule has 1 aliphatic rings. The van der Waals surface area contributed by atoms with Crippen molar-refractivity contribution in [2.75, 3.05) is 0 Å². The molecule has 0 unspecified atom stereocenters. The van der Waals surface area contributed by atoms with Crippen LogP contribution in [0.4, 0.5) is 0 Å². The molecule has 0 aliphatic carbocycles. The van der Waals surface area contributed by atoms with E-state index in [9.17, 15) is 0 Å². The van der Waals surface area contributed by atoms with Crippen LogP contribution in [-0.2, 0) is 0 Å². The standard InChI is InChI=1S/C11H11N/c1-8-3-4-10-5-6-12-9(2)11(10)7-8/h3-7,12H,2H2,1H3. The Morgan fingerprint density at radius 1 is 1.33 bits per heavy atom. The molecule has 60 valence electrons. The van der Waals surface area contributed by atoms with E-state index in [2.05, 4.69) is 43.1 Å². The third-order valence-electron chi connectivity index (χ3n) is 2.05. The molecule has 1 aromatic rings. The minimum Gasteiger partial charge on any atom is -0.362 e. The second kappa shape index (κ2) is 2.52. The topological polar surface area (TPSA) is 12.0 Å². The van der Waals surface area contributed by atoms with Gasteiger partial charge in [0.05, 0.1) is 0 Å². The van der Waals surface area contributed by atoms with E-state index in [0.717, 1.165) is 5.70 Å². The fourth-order valence-corrected chi connectivity index (χ4v) is 1.39. The van der Waals surface area contributed by atoms with Crippen LogP contribution in [0, 0.1) is 6.92 Å². The predicted octanol–water partition coefficient (Wildman–Crippen LogP) is 2.54. The predicted molar refractivity (Wildman–Crippen MR) is 52.4 cm³/mol. The highest BCUT2D eigenvalue weighted by Gasteiger charge is 2.06. The molecule has 1 heteroatoms. The zero-order valence-corrected chi connectivity index (χ0v) is 7.09. The zero-order chi connectivity index (χ0) is 8.55. The van der Waals surface area contributed by atoms with Gasteiger partial charge in [-0.15, -0.1) is 0 Å². The van der Waals surface area contributed by atoms with Crippen molar-refractivity contribution in [3.8, 4) is 0 Å². The van der Waals surface area contributed by atoms with Gasteiger partial charge >= 0.3 is 0 Å². The van der Waals surface area contributed by atoms with Crippen LogP contribution in [0.5, 0.6) is 0 Å². The summed E-state index contributed by atoms with van der Waals surface area (Å²) >= 11 is 0. The first kappa shape index (κ1) is 7.17. The average Bonchev–Trinajstić information content (AvgIpc) is 2.07. The van der Waals surface area contributed by atoms with Gasteiger partial charge in [0.25, 0.3) is 0 Å². The molecule has 1 nitrogen and oxygen atoms in total. The lowest BCUT2D eigenvalue weighted by atomic mass is 10.0. The molecular formula is C11H11N. The van der Waals surface area contributed by atoms with Gasteiger partial charge < -0.3 is 5.32 Å². The quantitative estimate of drug-likeness (QED) is 0.610. The molecule has 12 heavy (non-hydrogen) atoms. The summed E-state index contributed by atoms with van der Waals surface area (Å²) < 4.78 is 0. The summed E-state index contributed by atoms with van der Waals surface area (Å²) in [7, 11) is 0. The van der Waals surface area contributed by atoms with Crippen molar-refractivity contribution in [3.05, 3.63) is 47.7 Å². The molecule has 1 heterocycles. The van der Waals surface area contributed by atoms with Crippen LogP contribution in [-0.4, -0.2) is 0 Å². The second-order valence-electron chi connectivity index (χ2n) is 3.05. The molecule has 1 N–H and O–H groups in total. The van der Waals surface area contributed by atoms with Gasteiger partial charge in [-0.1, -0.05) is 24.3 Å². The van der Waals surface area contributed by atoms with Crippen LogP contribution >= 0.6 is 0 Å². The third kappa shape index (κ3) is 1.03. The van der Waals surface area contributed by atoms with Crippen molar-refractivity contribution in [2.24, 2.45) is 0 Å². The molecule has 0 aromatic heterocycles. The normalized spacial score (nSPS) is 13.9. The van der Waals surface area contributed by atoms with Crippen LogP contribution in [0.2, 0.25) is 0 Å². The number of rotatable bonds is 0. The third-order valence-corrected chi connectivity index (χ3v) is 2.05. The molecule has 0 atom stereocenters. The van der Waals surface area contributed by atoms with E-state index in [1.807, 2.05) is 6.20 Å². The fourth-order valence-electron chi connectivity index (χ4n) is 1.39. The van der Waals surface area contributed by atoms with Crippen molar-refractivity contribution in [1.82, 2.24) is 5.32 Å². The lowest BCUT2D eigenvalue weighted by Crippen LogP contribution is -2.07. The average molecular weight is 157 g/mol. The highest BCUT2D eigenvalue weighted by Crippen LogP contribution is 2.21. The summed E-state index contributed by atoms with van der Waals surface area (Å²) in [4.78, 5) is 0. The summed E-state index contributed by atoms with van der Waals surface area (Å²) in [5.74, 6) is 0. The molecule has 0 saturated heterocycles. The maximum Gasteiger partial charge on any atom is 0.0386 e. The van der Waals surface area contributed by atoms with Crippen LogP contribution in [0.1, 0.15) is 16.7 Å². The molecule has 0 radical (unpaired) electrons. The second-order valence-corrected chi connectivity index (χ2v) is 3.05. The van der Waals surface area contributed by atoms with E-state index in [1.54, 1.807) is 0 Å². The fraction of sp³-hybridized carbons (Fsp3) is 0.0909. The van der Waals surface area contributed by atoms with E-state index < -0.39 is 0 Å². The van der Waals surface area contributed by atoms with Gasteiger partial charge in [-0.25, -0.2) is 0 Å². The number of fused-ring (bicyclic) bond motifs is 1. The smallest absolute Gasteiger partial charge is 0.0386 e. The monoisotopic (exact) mass is 157 g/mol. The zero-order valence-electron chi connectivity index (χ0n) is 7.09. The molecule has 0 amide bonds. The van der Waals surface area contributed by atoms with Crippen molar-refractivity contribution in [1.29, 1.82) is 0 Å². The highest BCUT2D eigenvalue weighted by molar-refractivity contribution is 5.76. The van der Waals surface area contributed by atoms with Gasteiger partial charge in [-0.2, -0.15) is 0 Å². The van der Waals surface area contributed by atoms with Gasteiger partial charge in [0.15, 0.2) is 0 Å². The number of hydrogen-bond donors (Lipinski definition) is 1. The van der Waals surface area contributed by atoms with E-state index >= 15 is 0 Å². The minimum absolute atomic E-state index is 0.983. The maximum absolute atomic E-state index is 3.93. The summed E-state index contributed by atoms with van der Waals surface area (Å²) in [6.45, 7) is 6.02. The summed E-state index contributed by atoms with van der Waals surface area (Å²) in [5, 5.41) is 3.09. The molecule has 2 rings (SSSR count). The Morgan fingerprint density at radius 2 is 2.17 bits per heavy atom. The lowest BCUT2D eigenvalue weighted by molar-refractivity contribution is 1.20. The number of hydrogen-bond acceptors (Lipinski definition) is 1. The molecule has 0 saturated carbocycles. The van der Waals surface area contributed by atoms with Crippen molar-refractivity contribution in [2.45, 2.75) is 6.92 Å². The summed E-state index contributed by atoms with van der Waals surface area (Å²) in [5.41, 5.74) is 4.70. The van der Waals surface area contributed by atoms with E-state index in [4.69, 9.17) is 0 Å².